The van der Waals surface area contributed by atoms with E-state index in [1.54, 1.807) is 6.92 Å². The molecule has 0 N–H and O–H groups in total. The molecule has 3 heteroatoms. The summed E-state index contributed by atoms with van der Waals surface area (Å²) in [5.74, 6) is -0.130. The number of rotatable bonds is 6. The van der Waals surface area contributed by atoms with Crippen molar-refractivity contribution in [2.75, 3.05) is 6.61 Å². The molecule has 0 spiro atoms. The van der Waals surface area contributed by atoms with Crippen LogP contribution < -0.4 is 0 Å². The van der Waals surface area contributed by atoms with Gasteiger partial charge in [0.15, 0.2) is 0 Å². The highest BCUT2D eigenvalue weighted by Gasteiger charge is 1.99. The lowest BCUT2D eigenvalue weighted by molar-refractivity contribution is -0.143. The number of hydrogen-bond acceptors (Lipinski definition) is 3. The van der Waals surface area contributed by atoms with E-state index in [9.17, 15) is 4.79 Å². The Balaban J connectivity index is 3.09. The molecule has 0 aromatic rings. The van der Waals surface area contributed by atoms with E-state index in [0.29, 0.717) is 19.4 Å². The quantitative estimate of drug-likeness (QED) is 0.451. The molecule has 0 unspecified atom stereocenters. The summed E-state index contributed by atoms with van der Waals surface area (Å²) in [7, 11) is 0. The Morgan fingerprint density at radius 1 is 1.42 bits per heavy atom. The third kappa shape index (κ3) is 7.07. The number of nitrogens with zero attached hydrogens (tertiary/aromatic N) is 1. The van der Waals surface area contributed by atoms with Gasteiger partial charge in [-0.15, -0.1) is 0 Å². The average molecular weight is 169 g/mol. The van der Waals surface area contributed by atoms with Gasteiger partial charge in [-0.2, -0.15) is 5.26 Å². The smallest absolute Gasteiger partial charge is 0.305 e. The molecular weight excluding hydrogens is 154 g/mol. The summed E-state index contributed by atoms with van der Waals surface area (Å²) < 4.78 is 4.74. The van der Waals surface area contributed by atoms with Crippen LogP contribution in [0.3, 0.4) is 0 Å². The Hall–Kier alpha value is -1.04. The minimum atomic E-state index is -0.130. The fourth-order valence-corrected chi connectivity index (χ4v) is 0.883. The summed E-state index contributed by atoms with van der Waals surface area (Å²) in [4.78, 5) is 10.8. The standard InChI is InChI=1S/C9H15NO2/c1-2-12-9(11)7-5-3-4-6-8-10/h2-7H2,1H3. The molecule has 0 fully saturated rings. The normalized spacial score (nSPS) is 9.00. The van der Waals surface area contributed by atoms with E-state index >= 15 is 0 Å². The van der Waals surface area contributed by atoms with Crippen LogP contribution in [0.5, 0.6) is 0 Å². The Morgan fingerprint density at radius 3 is 2.75 bits per heavy atom. The monoisotopic (exact) mass is 169 g/mol. The molecule has 0 radical (unpaired) electrons. The van der Waals surface area contributed by atoms with Crippen molar-refractivity contribution in [2.45, 2.75) is 39.0 Å². The van der Waals surface area contributed by atoms with Crippen molar-refractivity contribution < 1.29 is 9.53 Å². The Morgan fingerprint density at radius 2 is 2.17 bits per heavy atom. The minimum Gasteiger partial charge on any atom is -0.466 e. The van der Waals surface area contributed by atoms with Gasteiger partial charge in [0.1, 0.15) is 0 Å². The minimum absolute atomic E-state index is 0.130. The van der Waals surface area contributed by atoms with Gasteiger partial charge in [0.25, 0.3) is 0 Å². The second-order valence-electron chi connectivity index (χ2n) is 2.52. The predicted octanol–water partition coefficient (Wildman–Crippen LogP) is 2.02. The van der Waals surface area contributed by atoms with Crippen molar-refractivity contribution in [1.29, 1.82) is 5.26 Å². The fourth-order valence-electron chi connectivity index (χ4n) is 0.883. The summed E-state index contributed by atoms with van der Waals surface area (Å²) in [5.41, 5.74) is 0. The van der Waals surface area contributed by atoms with Gasteiger partial charge < -0.3 is 4.74 Å². The van der Waals surface area contributed by atoms with Gasteiger partial charge in [0.2, 0.25) is 0 Å². The largest absolute Gasteiger partial charge is 0.466 e. The van der Waals surface area contributed by atoms with E-state index in [4.69, 9.17) is 10.00 Å². The Kier molecular flexibility index (Phi) is 7.36. The van der Waals surface area contributed by atoms with Gasteiger partial charge in [0, 0.05) is 12.8 Å². The van der Waals surface area contributed by atoms with Crippen LogP contribution in [0.15, 0.2) is 0 Å². The zero-order chi connectivity index (χ0) is 9.23. The van der Waals surface area contributed by atoms with Crippen molar-refractivity contribution in [3.63, 3.8) is 0 Å². The van der Waals surface area contributed by atoms with Gasteiger partial charge in [-0.25, -0.2) is 0 Å². The van der Waals surface area contributed by atoms with Crippen molar-refractivity contribution >= 4 is 5.97 Å². The van der Waals surface area contributed by atoms with Crippen LogP contribution in [0.25, 0.3) is 0 Å². The number of hydrogen-bond donors (Lipinski definition) is 0. The van der Waals surface area contributed by atoms with Crippen LogP contribution in [0.2, 0.25) is 0 Å². The second-order valence-corrected chi connectivity index (χ2v) is 2.52. The number of ether oxygens (including phenoxy) is 1. The van der Waals surface area contributed by atoms with E-state index in [1.165, 1.54) is 0 Å². The zero-order valence-electron chi connectivity index (χ0n) is 7.51. The molecule has 0 aliphatic rings. The lowest BCUT2D eigenvalue weighted by Gasteiger charge is -1.99. The van der Waals surface area contributed by atoms with Crippen molar-refractivity contribution in [2.24, 2.45) is 0 Å². The van der Waals surface area contributed by atoms with Gasteiger partial charge in [0.05, 0.1) is 12.7 Å². The number of carbonyl (C=O) groups excluding carboxylic acids is 1. The van der Waals surface area contributed by atoms with Crippen LogP contribution in [0.1, 0.15) is 39.0 Å². The summed E-state index contributed by atoms with van der Waals surface area (Å²) in [6, 6.07) is 2.06. The first kappa shape index (κ1) is 11.0. The maximum Gasteiger partial charge on any atom is 0.305 e. The summed E-state index contributed by atoms with van der Waals surface area (Å²) in [6.07, 6.45) is 3.73. The molecule has 0 rings (SSSR count). The maximum atomic E-state index is 10.8. The molecule has 3 nitrogen and oxygen atoms in total. The zero-order valence-corrected chi connectivity index (χ0v) is 7.51. The Bertz CT molecular complexity index is 160. The molecule has 0 atom stereocenters. The first-order valence-electron chi connectivity index (χ1n) is 4.33. The van der Waals surface area contributed by atoms with Crippen molar-refractivity contribution in [3.05, 3.63) is 0 Å². The summed E-state index contributed by atoms with van der Waals surface area (Å²) >= 11 is 0. The van der Waals surface area contributed by atoms with E-state index in [0.717, 1.165) is 19.3 Å². The van der Waals surface area contributed by atoms with Crippen LogP contribution in [-0.2, 0) is 9.53 Å². The number of carbonyl (C=O) groups is 1. The summed E-state index contributed by atoms with van der Waals surface area (Å²) in [5, 5.41) is 8.22. The van der Waals surface area contributed by atoms with Gasteiger partial charge in [-0.1, -0.05) is 6.42 Å². The molecule has 0 aliphatic carbocycles. The molecule has 0 aromatic carbocycles. The SMILES string of the molecule is CCOC(=O)CCCCCC#N. The third-order valence-corrected chi connectivity index (χ3v) is 1.47. The molecule has 68 valence electrons. The molecule has 0 heterocycles. The molecule has 0 aliphatic heterocycles. The Labute approximate surface area is 73.3 Å². The lowest BCUT2D eigenvalue weighted by Crippen LogP contribution is -2.02. The first-order valence-corrected chi connectivity index (χ1v) is 4.33. The van der Waals surface area contributed by atoms with Gasteiger partial charge in [-0.3, -0.25) is 4.79 Å². The lowest BCUT2D eigenvalue weighted by atomic mass is 10.1. The number of nitriles is 1. The van der Waals surface area contributed by atoms with E-state index in [-0.39, 0.29) is 5.97 Å². The second kappa shape index (κ2) is 8.06. The average Bonchev–Trinajstić information content (AvgIpc) is 2.05. The molecular formula is C9H15NO2. The van der Waals surface area contributed by atoms with Crippen LogP contribution in [0, 0.1) is 11.3 Å². The van der Waals surface area contributed by atoms with E-state index in [2.05, 4.69) is 6.07 Å². The van der Waals surface area contributed by atoms with Crippen molar-refractivity contribution in [1.82, 2.24) is 0 Å². The van der Waals surface area contributed by atoms with Crippen molar-refractivity contribution in [3.8, 4) is 6.07 Å². The van der Waals surface area contributed by atoms with Gasteiger partial charge in [-0.05, 0) is 19.8 Å². The number of esters is 1. The van der Waals surface area contributed by atoms with Crippen LogP contribution >= 0.6 is 0 Å². The topological polar surface area (TPSA) is 50.1 Å². The van der Waals surface area contributed by atoms with Gasteiger partial charge >= 0.3 is 5.97 Å². The van der Waals surface area contributed by atoms with Crippen LogP contribution in [0.4, 0.5) is 0 Å². The van der Waals surface area contributed by atoms with E-state index in [1.807, 2.05) is 0 Å². The first-order chi connectivity index (χ1) is 5.81. The maximum absolute atomic E-state index is 10.8. The molecule has 0 amide bonds. The molecule has 0 bridgehead atoms. The fraction of sp³-hybridized carbons (Fsp3) is 0.778. The predicted molar refractivity (Wildman–Crippen MR) is 45.3 cm³/mol. The summed E-state index contributed by atoms with van der Waals surface area (Å²) in [6.45, 7) is 2.25. The number of unbranched alkanes of at least 4 members (excludes halogenated alkanes) is 3. The molecule has 0 saturated carbocycles. The molecule has 0 aromatic heterocycles. The molecule has 12 heavy (non-hydrogen) atoms. The third-order valence-electron chi connectivity index (χ3n) is 1.47. The van der Waals surface area contributed by atoms with E-state index < -0.39 is 0 Å². The highest BCUT2D eigenvalue weighted by molar-refractivity contribution is 5.69. The molecule has 0 saturated heterocycles. The highest BCUT2D eigenvalue weighted by atomic mass is 16.5. The highest BCUT2D eigenvalue weighted by Crippen LogP contribution is 2.03. The van der Waals surface area contributed by atoms with Crippen LogP contribution in [-0.4, -0.2) is 12.6 Å².